The van der Waals surface area contributed by atoms with E-state index < -0.39 is 0 Å². The molecule has 3 rings (SSSR count). The van der Waals surface area contributed by atoms with Crippen molar-refractivity contribution in [2.75, 3.05) is 17.2 Å². The van der Waals surface area contributed by atoms with Crippen molar-refractivity contribution >= 4 is 28.9 Å². The average molecular weight is 301 g/mol. The number of anilines is 2. The van der Waals surface area contributed by atoms with Crippen LogP contribution in [0.4, 0.5) is 11.4 Å². The van der Waals surface area contributed by atoms with Crippen LogP contribution in [0, 0.1) is 6.92 Å². The molecular formula is C17H17ClN2O. The highest BCUT2D eigenvalue weighted by Crippen LogP contribution is 2.25. The summed E-state index contributed by atoms with van der Waals surface area (Å²) in [6, 6.07) is 11.3. The molecule has 108 valence electrons. The Morgan fingerprint density at radius 3 is 2.95 bits per heavy atom. The van der Waals surface area contributed by atoms with Crippen LogP contribution in [-0.2, 0) is 6.42 Å². The number of rotatable bonds is 2. The zero-order valence-corrected chi connectivity index (χ0v) is 12.6. The summed E-state index contributed by atoms with van der Waals surface area (Å²) in [6.45, 7) is 2.92. The lowest BCUT2D eigenvalue weighted by molar-refractivity contribution is 0.102. The lowest BCUT2D eigenvalue weighted by Crippen LogP contribution is -2.15. The van der Waals surface area contributed by atoms with Gasteiger partial charge in [0.05, 0.1) is 0 Å². The molecule has 0 aromatic heterocycles. The standard InChI is InChI=1S/C17H17ClN2O/c1-11-4-5-13(18)10-15(11)17(21)20-14-6-7-16-12(9-14)3-2-8-19-16/h4-7,9-10,19H,2-3,8H2,1H3,(H,20,21). The second kappa shape index (κ2) is 5.78. The summed E-state index contributed by atoms with van der Waals surface area (Å²) in [5.74, 6) is -0.126. The number of nitrogens with one attached hydrogen (secondary N) is 2. The van der Waals surface area contributed by atoms with Gasteiger partial charge in [-0.25, -0.2) is 0 Å². The number of aryl methyl sites for hydroxylation is 2. The molecule has 3 nitrogen and oxygen atoms in total. The summed E-state index contributed by atoms with van der Waals surface area (Å²) in [4.78, 5) is 12.4. The van der Waals surface area contributed by atoms with Gasteiger partial charge in [-0.15, -0.1) is 0 Å². The van der Waals surface area contributed by atoms with E-state index in [1.807, 2.05) is 31.2 Å². The molecule has 1 heterocycles. The van der Waals surface area contributed by atoms with Gasteiger partial charge in [-0.05, 0) is 61.2 Å². The number of carbonyl (C=O) groups is 1. The van der Waals surface area contributed by atoms with E-state index in [9.17, 15) is 4.79 Å². The maximum absolute atomic E-state index is 12.4. The Bertz CT molecular complexity index is 697. The first-order valence-corrected chi connectivity index (χ1v) is 7.45. The van der Waals surface area contributed by atoms with Crippen molar-refractivity contribution in [3.63, 3.8) is 0 Å². The summed E-state index contributed by atoms with van der Waals surface area (Å²) in [5.41, 5.74) is 4.76. The van der Waals surface area contributed by atoms with Gasteiger partial charge in [0.1, 0.15) is 0 Å². The number of hydrogen-bond acceptors (Lipinski definition) is 2. The SMILES string of the molecule is Cc1ccc(Cl)cc1C(=O)Nc1ccc2c(c1)CCCN2. The highest BCUT2D eigenvalue weighted by atomic mass is 35.5. The zero-order valence-electron chi connectivity index (χ0n) is 11.9. The maximum atomic E-state index is 12.4. The van der Waals surface area contributed by atoms with Crippen LogP contribution in [0.15, 0.2) is 36.4 Å². The summed E-state index contributed by atoms with van der Waals surface area (Å²) in [6.07, 6.45) is 2.17. The lowest BCUT2D eigenvalue weighted by atomic mass is 10.0. The van der Waals surface area contributed by atoms with Crippen LogP contribution in [0.5, 0.6) is 0 Å². The normalized spacial score (nSPS) is 13.2. The summed E-state index contributed by atoms with van der Waals surface area (Å²) >= 11 is 5.97. The predicted molar refractivity (Wildman–Crippen MR) is 87.4 cm³/mol. The molecule has 0 unspecified atom stereocenters. The first-order valence-electron chi connectivity index (χ1n) is 7.08. The molecule has 1 aliphatic heterocycles. The van der Waals surface area contributed by atoms with Crippen LogP contribution in [0.3, 0.4) is 0 Å². The molecule has 0 radical (unpaired) electrons. The number of fused-ring (bicyclic) bond motifs is 1. The third kappa shape index (κ3) is 3.03. The number of hydrogen-bond donors (Lipinski definition) is 2. The Balaban J connectivity index is 1.83. The van der Waals surface area contributed by atoms with Gasteiger partial charge >= 0.3 is 0 Å². The highest BCUT2D eigenvalue weighted by molar-refractivity contribution is 6.31. The fraction of sp³-hybridized carbons (Fsp3) is 0.235. The predicted octanol–water partition coefficient (Wildman–Crippen LogP) is 4.26. The van der Waals surface area contributed by atoms with Crippen molar-refractivity contribution < 1.29 is 4.79 Å². The number of halogens is 1. The van der Waals surface area contributed by atoms with E-state index in [-0.39, 0.29) is 5.91 Å². The van der Waals surface area contributed by atoms with Gasteiger partial charge in [0.25, 0.3) is 5.91 Å². The molecule has 0 saturated carbocycles. The smallest absolute Gasteiger partial charge is 0.255 e. The minimum absolute atomic E-state index is 0.126. The van der Waals surface area contributed by atoms with Crippen molar-refractivity contribution in [1.29, 1.82) is 0 Å². The Hall–Kier alpha value is -2.00. The van der Waals surface area contributed by atoms with Crippen LogP contribution >= 0.6 is 11.6 Å². The first kappa shape index (κ1) is 14.0. The van der Waals surface area contributed by atoms with Crippen LogP contribution in [-0.4, -0.2) is 12.5 Å². The molecule has 0 atom stereocenters. The second-order valence-corrected chi connectivity index (χ2v) is 5.75. The number of carbonyl (C=O) groups excluding carboxylic acids is 1. The topological polar surface area (TPSA) is 41.1 Å². The van der Waals surface area contributed by atoms with Gasteiger partial charge in [-0.3, -0.25) is 4.79 Å². The highest BCUT2D eigenvalue weighted by Gasteiger charge is 2.12. The minimum Gasteiger partial charge on any atom is -0.385 e. The third-order valence-electron chi connectivity index (χ3n) is 3.75. The van der Waals surface area contributed by atoms with Gasteiger partial charge in [0.2, 0.25) is 0 Å². The molecule has 0 bridgehead atoms. The minimum atomic E-state index is -0.126. The lowest BCUT2D eigenvalue weighted by Gasteiger charge is -2.19. The van der Waals surface area contributed by atoms with E-state index >= 15 is 0 Å². The molecule has 1 amide bonds. The summed E-state index contributed by atoms with van der Waals surface area (Å²) < 4.78 is 0. The second-order valence-electron chi connectivity index (χ2n) is 5.32. The molecule has 0 saturated heterocycles. The van der Waals surface area contributed by atoms with Crippen LogP contribution in [0.2, 0.25) is 5.02 Å². The Morgan fingerprint density at radius 2 is 2.10 bits per heavy atom. The van der Waals surface area contributed by atoms with Crippen molar-refractivity contribution in [2.45, 2.75) is 19.8 Å². The van der Waals surface area contributed by atoms with Gasteiger partial charge in [-0.2, -0.15) is 0 Å². The van der Waals surface area contributed by atoms with E-state index in [1.165, 1.54) is 5.56 Å². The van der Waals surface area contributed by atoms with Crippen LogP contribution in [0.1, 0.15) is 27.9 Å². The molecule has 2 N–H and O–H groups in total. The maximum Gasteiger partial charge on any atom is 0.255 e. The van der Waals surface area contributed by atoms with Crippen molar-refractivity contribution in [3.05, 3.63) is 58.1 Å². The van der Waals surface area contributed by atoms with Crippen LogP contribution in [0.25, 0.3) is 0 Å². The molecule has 2 aromatic carbocycles. The fourth-order valence-corrected chi connectivity index (χ4v) is 2.76. The molecule has 1 aliphatic rings. The zero-order chi connectivity index (χ0) is 14.8. The van der Waals surface area contributed by atoms with Gasteiger partial charge in [0.15, 0.2) is 0 Å². The third-order valence-corrected chi connectivity index (χ3v) is 3.98. The van der Waals surface area contributed by atoms with E-state index in [0.29, 0.717) is 10.6 Å². The molecule has 0 fully saturated rings. The first-order chi connectivity index (χ1) is 10.1. The van der Waals surface area contributed by atoms with E-state index in [0.717, 1.165) is 36.3 Å². The average Bonchev–Trinajstić information content (AvgIpc) is 2.49. The molecule has 0 aliphatic carbocycles. The Kier molecular flexibility index (Phi) is 3.84. The Morgan fingerprint density at radius 1 is 1.24 bits per heavy atom. The number of amides is 1. The van der Waals surface area contributed by atoms with Crippen LogP contribution < -0.4 is 10.6 Å². The van der Waals surface area contributed by atoms with Crippen molar-refractivity contribution in [1.82, 2.24) is 0 Å². The van der Waals surface area contributed by atoms with Gasteiger partial charge in [-0.1, -0.05) is 17.7 Å². The van der Waals surface area contributed by atoms with E-state index in [4.69, 9.17) is 11.6 Å². The molecular weight excluding hydrogens is 284 g/mol. The van der Waals surface area contributed by atoms with Crippen molar-refractivity contribution in [3.8, 4) is 0 Å². The fourth-order valence-electron chi connectivity index (χ4n) is 2.59. The van der Waals surface area contributed by atoms with Gasteiger partial charge in [0, 0.05) is 28.5 Å². The van der Waals surface area contributed by atoms with Gasteiger partial charge < -0.3 is 10.6 Å². The molecule has 21 heavy (non-hydrogen) atoms. The molecule has 2 aromatic rings. The summed E-state index contributed by atoms with van der Waals surface area (Å²) in [7, 11) is 0. The van der Waals surface area contributed by atoms with E-state index in [1.54, 1.807) is 12.1 Å². The van der Waals surface area contributed by atoms with Crippen molar-refractivity contribution in [2.24, 2.45) is 0 Å². The quantitative estimate of drug-likeness (QED) is 0.870. The molecule has 0 spiro atoms. The monoisotopic (exact) mass is 300 g/mol. The Labute approximate surface area is 129 Å². The molecule has 4 heteroatoms. The number of benzene rings is 2. The van der Waals surface area contributed by atoms with E-state index in [2.05, 4.69) is 10.6 Å². The summed E-state index contributed by atoms with van der Waals surface area (Å²) in [5, 5.41) is 6.88. The largest absolute Gasteiger partial charge is 0.385 e.